The van der Waals surface area contributed by atoms with Gasteiger partial charge in [0, 0.05) is 17.1 Å². The van der Waals surface area contributed by atoms with E-state index in [0.29, 0.717) is 6.42 Å². The molecule has 0 aliphatic carbocycles. The molecule has 2 nitrogen and oxygen atoms in total. The number of rotatable bonds is 11. The largest absolute Gasteiger partial charge is 0.300 e. The van der Waals surface area contributed by atoms with Crippen LogP contribution in [0.15, 0.2) is 66.6 Å². The Balaban J connectivity index is 2.66. The summed E-state index contributed by atoms with van der Waals surface area (Å²) in [5.74, 6) is 0.209. The second-order valence-electron chi connectivity index (χ2n) is 5.73. The first-order valence-corrected chi connectivity index (χ1v) is 8.60. The molecule has 0 aliphatic heterocycles. The van der Waals surface area contributed by atoms with Crippen LogP contribution in [0.1, 0.15) is 58.1 Å². The van der Waals surface area contributed by atoms with Crippen LogP contribution >= 0.6 is 0 Å². The normalized spacial score (nSPS) is 12.6. The fourth-order valence-corrected chi connectivity index (χ4v) is 2.36. The monoisotopic (exact) mass is 329 g/mol. The van der Waals surface area contributed by atoms with Crippen LogP contribution < -0.4 is 0 Å². The number of nitrogens with zero attached hydrogens (tertiary/aromatic N) is 1. The second kappa shape index (κ2) is 12.3. The lowest BCUT2D eigenvalue weighted by Crippen LogP contribution is -1.91. The molecule has 0 aliphatic rings. The number of halogens is 1. The van der Waals surface area contributed by atoms with Crippen molar-refractivity contribution < 1.29 is 9.47 Å². The van der Waals surface area contributed by atoms with Crippen molar-refractivity contribution in [3.63, 3.8) is 0 Å². The minimum absolute atomic E-state index is 0.209. The van der Waals surface area contributed by atoms with Gasteiger partial charge < -0.3 is 0 Å². The number of pyridine rings is 1. The summed E-state index contributed by atoms with van der Waals surface area (Å²) in [5, 5.41) is 0. The molecule has 1 heterocycles. The lowest BCUT2D eigenvalue weighted by Gasteiger charge is -2.08. The predicted octanol–water partition coefficient (Wildman–Crippen LogP) is 6.74. The van der Waals surface area contributed by atoms with E-state index in [4.69, 9.17) is 0 Å². The molecule has 3 heteroatoms. The standard InChI is InChI=1S/C21H28FNO/c1-4-5-8-13-18(2)20(21-16-11-12-17-23-21)15-10-7-6-9-14-19(3)24-22/h5,8,11-13,15-17H,3-4,6-7,9-10,14H2,1-2H3/b8-5-,18-13+,20-15+. The van der Waals surface area contributed by atoms with Gasteiger partial charge in [0.2, 0.25) is 0 Å². The maximum atomic E-state index is 11.8. The van der Waals surface area contributed by atoms with Gasteiger partial charge in [-0.2, -0.15) is 0 Å². The molecule has 0 spiro atoms. The van der Waals surface area contributed by atoms with Crippen LogP contribution in [0.2, 0.25) is 0 Å². The van der Waals surface area contributed by atoms with Crippen molar-refractivity contribution in [3.8, 4) is 0 Å². The van der Waals surface area contributed by atoms with Gasteiger partial charge in [0.15, 0.2) is 0 Å². The summed E-state index contributed by atoms with van der Waals surface area (Å²) in [6, 6.07) is 5.97. The highest BCUT2D eigenvalue weighted by Crippen LogP contribution is 2.22. The second-order valence-corrected chi connectivity index (χ2v) is 5.73. The molecule has 1 aromatic heterocycles. The molecule has 1 rings (SSSR count). The fourth-order valence-electron chi connectivity index (χ4n) is 2.36. The van der Waals surface area contributed by atoms with Crippen LogP contribution in [0.5, 0.6) is 0 Å². The van der Waals surface area contributed by atoms with Gasteiger partial charge in [-0.05, 0) is 55.9 Å². The first-order valence-electron chi connectivity index (χ1n) is 8.60. The number of aromatic nitrogens is 1. The Morgan fingerprint density at radius 1 is 1.29 bits per heavy atom. The molecule has 0 unspecified atom stereocenters. The van der Waals surface area contributed by atoms with Gasteiger partial charge in [0.05, 0.1) is 5.69 Å². The average Bonchev–Trinajstić information content (AvgIpc) is 2.61. The highest BCUT2D eigenvalue weighted by atomic mass is 19.3. The van der Waals surface area contributed by atoms with E-state index >= 15 is 0 Å². The zero-order valence-electron chi connectivity index (χ0n) is 14.8. The summed E-state index contributed by atoms with van der Waals surface area (Å²) >= 11 is 0. The molecule has 1 aromatic rings. The Kier molecular flexibility index (Phi) is 10.2. The first-order chi connectivity index (χ1) is 11.7. The molecule has 0 aromatic carbocycles. The van der Waals surface area contributed by atoms with Crippen LogP contribution in [0.4, 0.5) is 4.53 Å². The van der Waals surface area contributed by atoms with E-state index < -0.39 is 0 Å². The maximum Gasteiger partial charge on any atom is 0.141 e. The summed E-state index contributed by atoms with van der Waals surface area (Å²) in [4.78, 5) is 8.08. The topological polar surface area (TPSA) is 22.1 Å². The van der Waals surface area contributed by atoms with Crippen molar-refractivity contribution in [2.75, 3.05) is 0 Å². The van der Waals surface area contributed by atoms with E-state index in [2.05, 4.69) is 54.7 Å². The van der Waals surface area contributed by atoms with Crippen molar-refractivity contribution in [1.82, 2.24) is 4.98 Å². The van der Waals surface area contributed by atoms with E-state index in [-0.39, 0.29) is 5.76 Å². The van der Waals surface area contributed by atoms with Gasteiger partial charge in [0.1, 0.15) is 5.76 Å². The van der Waals surface area contributed by atoms with Crippen LogP contribution in [0.3, 0.4) is 0 Å². The molecular weight excluding hydrogens is 301 g/mol. The number of hydrogen-bond acceptors (Lipinski definition) is 2. The SMILES string of the molecule is C=C(CCCCC\C=C(/C(C)=C/C=C\CC)c1ccccn1)OF. The van der Waals surface area contributed by atoms with Gasteiger partial charge in [-0.25, -0.2) is 0 Å². The molecular formula is C21H28FNO. The van der Waals surface area contributed by atoms with Crippen LogP contribution in [0.25, 0.3) is 5.57 Å². The van der Waals surface area contributed by atoms with E-state index in [1.54, 1.807) is 0 Å². The van der Waals surface area contributed by atoms with Crippen molar-refractivity contribution >= 4 is 5.57 Å². The van der Waals surface area contributed by atoms with Crippen molar-refractivity contribution in [1.29, 1.82) is 0 Å². The van der Waals surface area contributed by atoms with Crippen molar-refractivity contribution in [2.24, 2.45) is 0 Å². The summed E-state index contributed by atoms with van der Waals surface area (Å²) in [6.07, 6.45) is 16.0. The zero-order chi connectivity index (χ0) is 17.6. The Morgan fingerprint density at radius 3 is 2.79 bits per heavy atom. The summed E-state index contributed by atoms with van der Waals surface area (Å²) in [5.41, 5.74) is 3.38. The molecule has 0 bridgehead atoms. The summed E-state index contributed by atoms with van der Waals surface area (Å²) in [6.45, 7) is 7.72. The minimum atomic E-state index is 0.209. The Morgan fingerprint density at radius 2 is 2.12 bits per heavy atom. The number of allylic oxidation sites excluding steroid dienone is 7. The quantitative estimate of drug-likeness (QED) is 0.255. The molecule has 0 fully saturated rings. The highest BCUT2D eigenvalue weighted by Gasteiger charge is 2.04. The lowest BCUT2D eigenvalue weighted by atomic mass is 10.0. The third kappa shape index (κ3) is 7.91. The van der Waals surface area contributed by atoms with Gasteiger partial charge in [-0.1, -0.05) is 50.3 Å². The number of unbranched alkanes of at least 4 members (excludes halogenated alkanes) is 3. The van der Waals surface area contributed by atoms with E-state index in [1.165, 1.54) is 11.1 Å². The Hall–Kier alpha value is -2.16. The smallest absolute Gasteiger partial charge is 0.141 e. The van der Waals surface area contributed by atoms with E-state index in [0.717, 1.165) is 37.8 Å². The van der Waals surface area contributed by atoms with Crippen molar-refractivity contribution in [2.45, 2.75) is 52.4 Å². The molecule has 0 saturated heterocycles. The number of hydrogen-bond donors (Lipinski definition) is 0. The zero-order valence-corrected chi connectivity index (χ0v) is 14.8. The third-order valence-electron chi connectivity index (χ3n) is 3.70. The van der Waals surface area contributed by atoms with Gasteiger partial charge in [-0.3, -0.25) is 9.93 Å². The van der Waals surface area contributed by atoms with Gasteiger partial charge >= 0.3 is 0 Å². The molecule has 0 atom stereocenters. The van der Waals surface area contributed by atoms with Gasteiger partial charge in [0.25, 0.3) is 0 Å². The molecule has 0 radical (unpaired) electrons. The average molecular weight is 329 g/mol. The molecule has 0 saturated carbocycles. The van der Waals surface area contributed by atoms with Crippen LogP contribution in [-0.2, 0) is 4.94 Å². The minimum Gasteiger partial charge on any atom is -0.300 e. The predicted molar refractivity (Wildman–Crippen MR) is 99.8 cm³/mol. The Bertz CT molecular complexity index is 573. The molecule has 24 heavy (non-hydrogen) atoms. The lowest BCUT2D eigenvalue weighted by molar-refractivity contribution is -0.0863. The maximum absolute atomic E-state index is 11.8. The first kappa shape index (κ1) is 19.9. The molecule has 0 N–H and O–H groups in total. The van der Waals surface area contributed by atoms with Gasteiger partial charge in [-0.15, -0.1) is 0 Å². The molecule has 130 valence electrons. The molecule has 0 amide bonds. The van der Waals surface area contributed by atoms with Crippen LogP contribution in [-0.4, -0.2) is 4.98 Å². The summed E-state index contributed by atoms with van der Waals surface area (Å²) in [7, 11) is 0. The fraction of sp³-hybridized carbons (Fsp3) is 0.381. The van der Waals surface area contributed by atoms with E-state index in [1.807, 2.05) is 24.4 Å². The van der Waals surface area contributed by atoms with Crippen LogP contribution in [0, 0.1) is 0 Å². The van der Waals surface area contributed by atoms with E-state index in [9.17, 15) is 4.53 Å². The Labute approximate surface area is 145 Å². The highest BCUT2D eigenvalue weighted by molar-refractivity contribution is 5.76. The van der Waals surface area contributed by atoms with Crippen molar-refractivity contribution in [3.05, 3.63) is 72.3 Å². The summed E-state index contributed by atoms with van der Waals surface area (Å²) < 4.78 is 11.8. The third-order valence-corrected chi connectivity index (χ3v) is 3.70.